The normalized spacial score (nSPS) is 14.8. The van der Waals surface area contributed by atoms with Crippen molar-refractivity contribution in [1.29, 1.82) is 0 Å². The van der Waals surface area contributed by atoms with Gasteiger partial charge in [0, 0.05) is 22.5 Å². The standard InChI is InChI=1S/C18H32N2O2/c1-11(15(5)21)13(3)19-17(7,8)18(9,10)20-14(4)12(2)16(6)22/h19-20H,1-10H3. The van der Waals surface area contributed by atoms with Gasteiger partial charge in [0.1, 0.15) is 0 Å². The lowest BCUT2D eigenvalue weighted by Gasteiger charge is -2.45. The molecule has 0 atom stereocenters. The molecule has 0 heterocycles. The Morgan fingerprint density at radius 1 is 0.591 bits per heavy atom. The molecule has 0 bridgehead atoms. The van der Waals surface area contributed by atoms with E-state index < -0.39 is 0 Å². The number of nitrogens with one attached hydrogen (secondary N) is 2. The lowest BCUT2D eigenvalue weighted by Crippen LogP contribution is -2.62. The van der Waals surface area contributed by atoms with Crippen LogP contribution in [0.1, 0.15) is 69.2 Å². The molecule has 0 aromatic heterocycles. The first-order valence-electron chi connectivity index (χ1n) is 7.66. The Kier molecular flexibility index (Phi) is 6.61. The van der Waals surface area contributed by atoms with Crippen LogP contribution in [0, 0.1) is 0 Å². The van der Waals surface area contributed by atoms with Gasteiger partial charge in [-0.3, -0.25) is 9.59 Å². The monoisotopic (exact) mass is 308 g/mol. The van der Waals surface area contributed by atoms with Crippen molar-refractivity contribution in [3.8, 4) is 0 Å². The highest BCUT2D eigenvalue weighted by molar-refractivity contribution is 5.93. The van der Waals surface area contributed by atoms with Gasteiger partial charge in [-0.2, -0.15) is 0 Å². The van der Waals surface area contributed by atoms with Crippen LogP contribution in [0.5, 0.6) is 0 Å². The number of hydrogen-bond donors (Lipinski definition) is 2. The fourth-order valence-corrected chi connectivity index (χ4v) is 1.97. The Bertz CT molecular complexity index is 475. The Morgan fingerprint density at radius 2 is 0.818 bits per heavy atom. The predicted octanol–water partition coefficient (Wildman–Crippen LogP) is 3.49. The molecule has 0 aromatic carbocycles. The SMILES string of the molecule is CC(=O)C(C)=C(C)NC(C)(C)C(C)(C)NC(C)=C(C)C(C)=O. The lowest BCUT2D eigenvalue weighted by atomic mass is 9.81. The van der Waals surface area contributed by atoms with E-state index in [2.05, 4.69) is 38.3 Å². The average molecular weight is 308 g/mol. The summed E-state index contributed by atoms with van der Waals surface area (Å²) in [5.74, 6) is 0.130. The zero-order chi connectivity index (χ0) is 17.9. The van der Waals surface area contributed by atoms with Gasteiger partial charge in [0.2, 0.25) is 0 Å². The zero-order valence-corrected chi connectivity index (χ0v) is 15.8. The Morgan fingerprint density at radius 3 is 1.00 bits per heavy atom. The summed E-state index contributed by atoms with van der Waals surface area (Å²) < 4.78 is 0. The quantitative estimate of drug-likeness (QED) is 0.707. The second-order valence-electron chi connectivity index (χ2n) is 7.11. The Labute approximate surface area is 135 Å². The summed E-state index contributed by atoms with van der Waals surface area (Å²) >= 11 is 0. The summed E-state index contributed by atoms with van der Waals surface area (Å²) in [4.78, 5) is 23.0. The van der Waals surface area contributed by atoms with Crippen molar-refractivity contribution >= 4 is 11.6 Å². The number of allylic oxidation sites excluding steroid dienone is 4. The molecule has 0 amide bonds. The van der Waals surface area contributed by atoms with Crippen molar-refractivity contribution in [3.63, 3.8) is 0 Å². The number of carbonyl (C=O) groups is 2. The second kappa shape index (κ2) is 7.12. The first kappa shape index (κ1) is 20.4. The van der Waals surface area contributed by atoms with E-state index in [-0.39, 0.29) is 22.6 Å². The third-order valence-electron chi connectivity index (χ3n) is 4.74. The molecule has 0 saturated carbocycles. The van der Waals surface area contributed by atoms with E-state index in [1.807, 2.05) is 27.7 Å². The molecule has 4 nitrogen and oxygen atoms in total. The maximum absolute atomic E-state index is 11.5. The molecular formula is C18H32N2O2. The van der Waals surface area contributed by atoms with E-state index in [0.29, 0.717) is 0 Å². The van der Waals surface area contributed by atoms with E-state index in [4.69, 9.17) is 0 Å². The summed E-state index contributed by atoms with van der Waals surface area (Å²) in [7, 11) is 0. The van der Waals surface area contributed by atoms with Crippen molar-refractivity contribution in [2.45, 2.75) is 80.3 Å². The zero-order valence-electron chi connectivity index (χ0n) is 15.8. The molecule has 0 fully saturated rings. The number of hydrogen-bond acceptors (Lipinski definition) is 4. The fraction of sp³-hybridized carbons (Fsp3) is 0.667. The minimum Gasteiger partial charge on any atom is -0.381 e. The Hall–Kier alpha value is -1.58. The molecule has 0 radical (unpaired) electrons. The van der Waals surface area contributed by atoms with Gasteiger partial charge in [-0.25, -0.2) is 0 Å². The molecule has 0 aliphatic heterocycles. The number of rotatable bonds is 7. The van der Waals surface area contributed by atoms with Gasteiger partial charge in [-0.05, 0) is 69.2 Å². The van der Waals surface area contributed by atoms with Crippen molar-refractivity contribution in [3.05, 3.63) is 22.5 Å². The molecule has 4 heteroatoms. The van der Waals surface area contributed by atoms with Gasteiger partial charge < -0.3 is 10.6 Å². The van der Waals surface area contributed by atoms with Crippen molar-refractivity contribution in [2.75, 3.05) is 0 Å². The molecule has 0 unspecified atom stereocenters. The molecule has 22 heavy (non-hydrogen) atoms. The van der Waals surface area contributed by atoms with Gasteiger partial charge >= 0.3 is 0 Å². The molecule has 126 valence electrons. The largest absolute Gasteiger partial charge is 0.381 e. The Balaban J connectivity index is 5.43. The molecule has 0 spiro atoms. The highest BCUT2D eigenvalue weighted by Crippen LogP contribution is 2.25. The smallest absolute Gasteiger partial charge is 0.157 e. The summed E-state index contributed by atoms with van der Waals surface area (Å²) in [5.41, 5.74) is 2.56. The molecule has 2 N–H and O–H groups in total. The van der Waals surface area contributed by atoms with Crippen LogP contribution in [0.4, 0.5) is 0 Å². The fourth-order valence-electron chi connectivity index (χ4n) is 1.97. The summed E-state index contributed by atoms with van der Waals surface area (Å²) in [5, 5.41) is 6.88. The van der Waals surface area contributed by atoms with Crippen LogP contribution in [-0.4, -0.2) is 22.6 Å². The molecule has 0 aliphatic carbocycles. The summed E-state index contributed by atoms with van der Waals surface area (Å²) in [6, 6.07) is 0. The van der Waals surface area contributed by atoms with Crippen LogP contribution in [-0.2, 0) is 9.59 Å². The van der Waals surface area contributed by atoms with E-state index in [1.54, 1.807) is 13.8 Å². The highest BCUT2D eigenvalue weighted by atomic mass is 16.1. The van der Waals surface area contributed by atoms with Gasteiger partial charge in [-0.1, -0.05) is 0 Å². The van der Waals surface area contributed by atoms with Crippen LogP contribution in [0.3, 0.4) is 0 Å². The lowest BCUT2D eigenvalue weighted by molar-refractivity contribution is -0.114. The topological polar surface area (TPSA) is 58.2 Å². The third-order valence-corrected chi connectivity index (χ3v) is 4.74. The van der Waals surface area contributed by atoms with Crippen LogP contribution < -0.4 is 10.6 Å². The van der Waals surface area contributed by atoms with Gasteiger partial charge in [0.25, 0.3) is 0 Å². The van der Waals surface area contributed by atoms with Crippen LogP contribution in [0.15, 0.2) is 22.5 Å². The van der Waals surface area contributed by atoms with E-state index in [9.17, 15) is 9.59 Å². The maximum atomic E-state index is 11.5. The van der Waals surface area contributed by atoms with E-state index in [1.165, 1.54) is 0 Å². The van der Waals surface area contributed by atoms with Crippen molar-refractivity contribution in [2.24, 2.45) is 0 Å². The number of ketones is 2. The highest BCUT2D eigenvalue weighted by Gasteiger charge is 2.37. The minimum absolute atomic E-state index is 0.0649. The molecule has 0 rings (SSSR count). The van der Waals surface area contributed by atoms with Crippen molar-refractivity contribution < 1.29 is 9.59 Å². The van der Waals surface area contributed by atoms with Crippen LogP contribution in [0.25, 0.3) is 0 Å². The maximum Gasteiger partial charge on any atom is 0.157 e. The molecule has 0 saturated heterocycles. The molecule has 0 aromatic rings. The van der Waals surface area contributed by atoms with Crippen LogP contribution >= 0.6 is 0 Å². The number of Topliss-reactive ketones (excluding diaryl/α,β-unsaturated/α-hetero) is 2. The second-order valence-corrected chi connectivity index (χ2v) is 7.11. The van der Waals surface area contributed by atoms with E-state index in [0.717, 1.165) is 22.5 Å². The van der Waals surface area contributed by atoms with Gasteiger partial charge in [-0.15, -0.1) is 0 Å². The number of carbonyl (C=O) groups excluding carboxylic acids is 2. The third kappa shape index (κ3) is 5.00. The van der Waals surface area contributed by atoms with Gasteiger partial charge in [0.05, 0.1) is 11.1 Å². The van der Waals surface area contributed by atoms with Gasteiger partial charge in [0.15, 0.2) is 11.6 Å². The molecular weight excluding hydrogens is 276 g/mol. The molecule has 0 aliphatic rings. The first-order chi connectivity index (χ1) is 9.73. The van der Waals surface area contributed by atoms with E-state index >= 15 is 0 Å². The van der Waals surface area contributed by atoms with Crippen LogP contribution in [0.2, 0.25) is 0 Å². The average Bonchev–Trinajstić information content (AvgIpc) is 2.34. The predicted molar refractivity (Wildman–Crippen MR) is 92.5 cm³/mol. The summed E-state index contributed by atoms with van der Waals surface area (Å²) in [6.45, 7) is 18.9. The van der Waals surface area contributed by atoms with Crippen molar-refractivity contribution in [1.82, 2.24) is 10.6 Å². The minimum atomic E-state index is -0.327. The summed E-state index contributed by atoms with van der Waals surface area (Å²) in [6.07, 6.45) is 0. The first-order valence-corrected chi connectivity index (χ1v) is 7.66.